The van der Waals surface area contributed by atoms with Gasteiger partial charge in [-0.05, 0) is 12.1 Å². The number of sulfonamides is 1. The van der Waals surface area contributed by atoms with E-state index in [-0.39, 0.29) is 0 Å². The van der Waals surface area contributed by atoms with Gasteiger partial charge >= 0.3 is 0 Å². The average molecular weight is 243 g/mol. The maximum absolute atomic E-state index is 11.1. The van der Waals surface area contributed by atoms with Crippen LogP contribution in [0.5, 0.6) is 0 Å². The van der Waals surface area contributed by atoms with Gasteiger partial charge in [-0.3, -0.25) is 4.72 Å². The Bertz CT molecular complexity index is 440. The van der Waals surface area contributed by atoms with Crippen LogP contribution >= 0.6 is 11.8 Å². The summed E-state index contributed by atoms with van der Waals surface area (Å²) in [6.07, 6.45) is 2.92. The number of rotatable bonds is 5. The molecule has 0 fully saturated rings. The number of para-hydroxylation sites is 1. The average Bonchev–Trinajstić information content (AvgIpc) is 2.14. The first kappa shape index (κ1) is 12.1. The number of benzene rings is 1. The molecule has 0 amide bonds. The van der Waals surface area contributed by atoms with Crippen molar-refractivity contribution in [2.45, 2.75) is 4.90 Å². The Morgan fingerprint density at radius 1 is 1.47 bits per heavy atom. The van der Waals surface area contributed by atoms with Crippen LogP contribution in [0.25, 0.3) is 0 Å². The van der Waals surface area contributed by atoms with Crippen molar-refractivity contribution in [3.05, 3.63) is 36.9 Å². The molecule has 1 rings (SSSR count). The van der Waals surface area contributed by atoms with Gasteiger partial charge in [0.25, 0.3) is 0 Å². The predicted octanol–water partition coefficient (Wildman–Crippen LogP) is 2.34. The molecule has 0 unspecified atom stereocenters. The second-order valence-corrected chi connectivity index (χ2v) is 5.78. The highest BCUT2D eigenvalue weighted by Gasteiger charge is 2.06. The van der Waals surface area contributed by atoms with E-state index >= 15 is 0 Å². The Kier molecular flexibility index (Phi) is 4.23. The van der Waals surface area contributed by atoms with E-state index in [2.05, 4.69) is 11.3 Å². The van der Waals surface area contributed by atoms with Crippen molar-refractivity contribution in [1.29, 1.82) is 0 Å². The minimum Gasteiger partial charge on any atom is -0.283 e. The third kappa shape index (κ3) is 4.40. The molecule has 82 valence electrons. The van der Waals surface area contributed by atoms with Crippen molar-refractivity contribution in [2.75, 3.05) is 16.7 Å². The first-order valence-corrected chi connectivity index (χ1v) is 7.21. The number of nitrogens with one attached hydrogen (secondary N) is 1. The van der Waals surface area contributed by atoms with E-state index in [0.29, 0.717) is 5.69 Å². The van der Waals surface area contributed by atoms with E-state index in [1.54, 1.807) is 30.0 Å². The molecule has 0 saturated carbocycles. The molecule has 1 aromatic carbocycles. The van der Waals surface area contributed by atoms with Gasteiger partial charge in [-0.15, -0.1) is 18.3 Å². The number of hydrogen-bond acceptors (Lipinski definition) is 3. The fourth-order valence-electron chi connectivity index (χ4n) is 1.03. The molecule has 15 heavy (non-hydrogen) atoms. The number of hydrogen-bond donors (Lipinski definition) is 1. The van der Waals surface area contributed by atoms with Gasteiger partial charge in [-0.2, -0.15) is 0 Å². The molecular weight excluding hydrogens is 230 g/mol. The highest BCUT2D eigenvalue weighted by Crippen LogP contribution is 2.27. The van der Waals surface area contributed by atoms with E-state index in [4.69, 9.17) is 0 Å². The SMILES string of the molecule is C=CCSc1ccccc1NS(C)(=O)=O. The van der Waals surface area contributed by atoms with Gasteiger partial charge in [0.1, 0.15) is 0 Å². The molecule has 0 radical (unpaired) electrons. The van der Waals surface area contributed by atoms with Crippen molar-refractivity contribution < 1.29 is 8.42 Å². The summed E-state index contributed by atoms with van der Waals surface area (Å²) in [5, 5.41) is 0. The van der Waals surface area contributed by atoms with Crippen molar-refractivity contribution in [1.82, 2.24) is 0 Å². The van der Waals surface area contributed by atoms with Crippen molar-refractivity contribution >= 4 is 27.5 Å². The molecule has 1 N–H and O–H groups in total. The third-order valence-corrected chi connectivity index (χ3v) is 3.20. The quantitative estimate of drug-likeness (QED) is 0.638. The van der Waals surface area contributed by atoms with Gasteiger partial charge < -0.3 is 0 Å². The Morgan fingerprint density at radius 2 is 2.13 bits per heavy atom. The van der Waals surface area contributed by atoms with Gasteiger partial charge in [0, 0.05) is 10.6 Å². The smallest absolute Gasteiger partial charge is 0.229 e. The molecule has 0 aliphatic rings. The maximum atomic E-state index is 11.1. The van der Waals surface area contributed by atoms with Crippen LogP contribution in [0, 0.1) is 0 Å². The summed E-state index contributed by atoms with van der Waals surface area (Å²) in [6.45, 7) is 3.62. The molecule has 0 aliphatic heterocycles. The highest BCUT2D eigenvalue weighted by atomic mass is 32.2. The monoisotopic (exact) mass is 243 g/mol. The Hall–Kier alpha value is -0.940. The van der Waals surface area contributed by atoms with Crippen molar-refractivity contribution in [3.63, 3.8) is 0 Å². The largest absolute Gasteiger partial charge is 0.283 e. The van der Waals surface area contributed by atoms with Crippen molar-refractivity contribution in [2.24, 2.45) is 0 Å². The fourth-order valence-corrected chi connectivity index (χ4v) is 2.41. The third-order valence-electron chi connectivity index (χ3n) is 1.54. The second kappa shape index (κ2) is 5.23. The zero-order chi connectivity index (χ0) is 11.3. The van der Waals surface area contributed by atoms with E-state index in [9.17, 15) is 8.42 Å². The molecule has 1 aromatic rings. The summed E-state index contributed by atoms with van der Waals surface area (Å²) in [5.41, 5.74) is 0.617. The Morgan fingerprint density at radius 3 is 2.73 bits per heavy atom. The molecule has 0 aliphatic carbocycles. The Labute approximate surface area is 94.6 Å². The molecule has 0 bridgehead atoms. The summed E-state index contributed by atoms with van der Waals surface area (Å²) < 4.78 is 24.6. The minimum atomic E-state index is -3.21. The lowest BCUT2D eigenvalue weighted by molar-refractivity contribution is 0.606. The molecular formula is C10H13NO2S2. The van der Waals surface area contributed by atoms with E-state index in [1.807, 2.05) is 12.1 Å². The van der Waals surface area contributed by atoms with E-state index in [1.165, 1.54) is 0 Å². The first-order chi connectivity index (χ1) is 7.03. The van der Waals surface area contributed by atoms with E-state index in [0.717, 1.165) is 16.9 Å². The zero-order valence-corrected chi connectivity index (χ0v) is 10.1. The lowest BCUT2D eigenvalue weighted by Gasteiger charge is -2.08. The molecule has 0 spiro atoms. The van der Waals surface area contributed by atoms with E-state index < -0.39 is 10.0 Å². The minimum absolute atomic E-state index is 0.617. The molecule has 0 aromatic heterocycles. The predicted molar refractivity (Wildman–Crippen MR) is 65.8 cm³/mol. The van der Waals surface area contributed by atoms with Gasteiger partial charge in [0.2, 0.25) is 10.0 Å². The van der Waals surface area contributed by atoms with Gasteiger partial charge in [0.15, 0.2) is 0 Å². The van der Waals surface area contributed by atoms with Crippen molar-refractivity contribution in [3.8, 4) is 0 Å². The first-order valence-electron chi connectivity index (χ1n) is 4.33. The number of anilines is 1. The second-order valence-electron chi connectivity index (χ2n) is 2.97. The van der Waals surface area contributed by atoms with Crippen LogP contribution in [0.15, 0.2) is 41.8 Å². The molecule has 0 saturated heterocycles. The molecule has 3 nitrogen and oxygen atoms in total. The summed E-state index contributed by atoms with van der Waals surface area (Å²) in [6, 6.07) is 7.29. The summed E-state index contributed by atoms with van der Waals surface area (Å²) in [7, 11) is -3.21. The number of thioether (sulfide) groups is 1. The summed E-state index contributed by atoms with van der Waals surface area (Å²) in [4.78, 5) is 0.905. The standard InChI is InChI=1S/C10H13NO2S2/c1-3-8-14-10-7-5-4-6-9(10)11-15(2,12)13/h3-7,11H,1,8H2,2H3. The lowest BCUT2D eigenvalue weighted by atomic mass is 10.3. The fraction of sp³-hybridized carbons (Fsp3) is 0.200. The van der Waals surface area contributed by atoms with Crippen LogP contribution in [0.3, 0.4) is 0 Å². The van der Waals surface area contributed by atoms with Crippen LogP contribution in [-0.2, 0) is 10.0 Å². The summed E-state index contributed by atoms with van der Waals surface area (Å²) in [5.74, 6) is 0.752. The Balaban J connectivity index is 2.91. The van der Waals surface area contributed by atoms with Crippen LogP contribution < -0.4 is 4.72 Å². The van der Waals surface area contributed by atoms with Gasteiger partial charge in [-0.25, -0.2) is 8.42 Å². The van der Waals surface area contributed by atoms with Crippen LogP contribution in [-0.4, -0.2) is 20.4 Å². The maximum Gasteiger partial charge on any atom is 0.229 e. The van der Waals surface area contributed by atoms with Crippen LogP contribution in [0.2, 0.25) is 0 Å². The van der Waals surface area contributed by atoms with Gasteiger partial charge in [-0.1, -0.05) is 18.2 Å². The van der Waals surface area contributed by atoms with Gasteiger partial charge in [0.05, 0.1) is 11.9 Å². The highest BCUT2D eigenvalue weighted by molar-refractivity contribution is 7.99. The zero-order valence-electron chi connectivity index (χ0n) is 8.43. The normalized spacial score (nSPS) is 11.0. The molecule has 5 heteroatoms. The topological polar surface area (TPSA) is 46.2 Å². The molecule has 0 heterocycles. The van der Waals surface area contributed by atoms with Crippen LogP contribution in [0.1, 0.15) is 0 Å². The summed E-state index contributed by atoms with van der Waals surface area (Å²) >= 11 is 1.54. The van der Waals surface area contributed by atoms with Crippen LogP contribution in [0.4, 0.5) is 5.69 Å². The lowest BCUT2D eigenvalue weighted by Crippen LogP contribution is -2.10. The molecule has 0 atom stereocenters.